The molecule has 5 heteroatoms. The van der Waals surface area contributed by atoms with Crippen LogP contribution in [0.3, 0.4) is 0 Å². The molecule has 0 saturated carbocycles. The van der Waals surface area contributed by atoms with Crippen molar-refractivity contribution >= 4 is 11.6 Å². The highest BCUT2D eigenvalue weighted by Crippen LogP contribution is 2.28. The largest absolute Gasteiger partial charge is 0.497 e. The zero-order chi connectivity index (χ0) is 19.2. The highest BCUT2D eigenvalue weighted by Gasteiger charge is 2.19. The lowest BCUT2D eigenvalue weighted by Gasteiger charge is -2.20. The third-order valence-corrected chi connectivity index (χ3v) is 4.47. The third kappa shape index (κ3) is 4.50. The van der Waals surface area contributed by atoms with Gasteiger partial charge in [-0.15, -0.1) is 0 Å². The monoisotopic (exact) mass is 364 g/mol. The number of nitrogens with one attached hydrogen (secondary N) is 1. The van der Waals surface area contributed by atoms with Gasteiger partial charge in [0.05, 0.1) is 32.4 Å². The SMILES string of the molecule is COc1cccc([C@H](CC(=O)Nc2cc(C)ccc2OC)n2cccc2)c1. The van der Waals surface area contributed by atoms with Crippen molar-refractivity contribution in [2.45, 2.75) is 19.4 Å². The van der Waals surface area contributed by atoms with Crippen LogP contribution < -0.4 is 14.8 Å². The summed E-state index contributed by atoms with van der Waals surface area (Å²) in [5.74, 6) is 1.33. The van der Waals surface area contributed by atoms with Crippen LogP contribution in [-0.4, -0.2) is 24.7 Å². The molecule has 0 spiro atoms. The summed E-state index contributed by atoms with van der Waals surface area (Å²) in [5.41, 5.74) is 2.75. The number of aryl methyl sites for hydroxylation is 1. The van der Waals surface area contributed by atoms with Crippen molar-refractivity contribution in [1.82, 2.24) is 4.57 Å². The number of benzene rings is 2. The van der Waals surface area contributed by atoms with E-state index in [-0.39, 0.29) is 11.9 Å². The summed E-state index contributed by atoms with van der Waals surface area (Å²) < 4.78 is 12.7. The fraction of sp³-hybridized carbons (Fsp3) is 0.227. The standard InChI is InChI=1S/C22H24N2O3/c1-16-9-10-21(27-3)19(13-16)23-22(25)15-20(24-11-4-5-12-24)17-7-6-8-18(14-17)26-2/h4-14,20H,15H2,1-3H3,(H,23,25)/t20-/m0/s1. The van der Waals surface area contributed by atoms with Crippen LogP contribution in [0, 0.1) is 6.92 Å². The lowest BCUT2D eigenvalue weighted by atomic mass is 10.0. The molecule has 0 bridgehead atoms. The van der Waals surface area contributed by atoms with Crippen molar-refractivity contribution < 1.29 is 14.3 Å². The minimum absolute atomic E-state index is 0.0829. The fourth-order valence-electron chi connectivity index (χ4n) is 3.10. The first-order valence-electron chi connectivity index (χ1n) is 8.81. The van der Waals surface area contributed by atoms with Crippen molar-refractivity contribution in [2.24, 2.45) is 0 Å². The maximum absolute atomic E-state index is 12.8. The van der Waals surface area contributed by atoms with E-state index >= 15 is 0 Å². The molecule has 1 atom stereocenters. The Bertz CT molecular complexity index is 904. The van der Waals surface area contributed by atoms with E-state index in [9.17, 15) is 4.79 Å². The minimum Gasteiger partial charge on any atom is -0.497 e. The van der Waals surface area contributed by atoms with E-state index in [4.69, 9.17) is 9.47 Å². The summed E-state index contributed by atoms with van der Waals surface area (Å²) in [7, 11) is 3.24. The number of ether oxygens (including phenoxy) is 2. The molecule has 1 N–H and O–H groups in total. The summed E-state index contributed by atoms with van der Waals surface area (Å²) in [6.07, 6.45) is 4.22. The van der Waals surface area contributed by atoms with Crippen molar-refractivity contribution in [3.8, 4) is 11.5 Å². The van der Waals surface area contributed by atoms with E-state index in [1.54, 1.807) is 14.2 Å². The quantitative estimate of drug-likeness (QED) is 0.675. The van der Waals surface area contributed by atoms with Crippen LogP contribution in [0.4, 0.5) is 5.69 Å². The lowest BCUT2D eigenvalue weighted by molar-refractivity contribution is -0.116. The van der Waals surface area contributed by atoms with E-state index in [1.807, 2.05) is 78.5 Å². The molecule has 3 aromatic rings. The Labute approximate surface area is 159 Å². The number of rotatable bonds is 7. The minimum atomic E-state index is -0.133. The number of aromatic nitrogens is 1. The van der Waals surface area contributed by atoms with Gasteiger partial charge in [0, 0.05) is 12.4 Å². The molecule has 0 unspecified atom stereocenters. The summed E-state index contributed by atoms with van der Waals surface area (Å²) in [6, 6.07) is 17.3. The number of anilines is 1. The molecule has 0 radical (unpaired) electrons. The first kappa shape index (κ1) is 18.6. The number of hydrogen-bond acceptors (Lipinski definition) is 3. The Morgan fingerprint density at radius 3 is 2.52 bits per heavy atom. The third-order valence-electron chi connectivity index (χ3n) is 4.47. The van der Waals surface area contributed by atoms with Gasteiger partial charge >= 0.3 is 0 Å². The summed E-state index contributed by atoms with van der Waals surface area (Å²) in [5, 5.41) is 2.98. The van der Waals surface area contributed by atoms with E-state index in [0.717, 1.165) is 16.9 Å². The van der Waals surface area contributed by atoms with Gasteiger partial charge < -0.3 is 19.4 Å². The molecule has 0 aliphatic rings. The van der Waals surface area contributed by atoms with Crippen molar-refractivity contribution in [1.29, 1.82) is 0 Å². The molecule has 0 saturated heterocycles. The molecule has 0 aliphatic heterocycles. The fourth-order valence-corrected chi connectivity index (χ4v) is 3.10. The van der Waals surface area contributed by atoms with Gasteiger partial charge in [-0.3, -0.25) is 4.79 Å². The molecule has 140 valence electrons. The van der Waals surface area contributed by atoms with Crippen LogP contribution in [0.25, 0.3) is 0 Å². The van der Waals surface area contributed by atoms with E-state index in [1.165, 1.54) is 0 Å². The van der Waals surface area contributed by atoms with Gasteiger partial charge in [0.15, 0.2) is 0 Å². The Kier molecular flexibility index (Phi) is 5.81. The number of carbonyl (C=O) groups is 1. The molecule has 5 nitrogen and oxygen atoms in total. The highest BCUT2D eigenvalue weighted by molar-refractivity contribution is 5.92. The topological polar surface area (TPSA) is 52.5 Å². The number of nitrogens with zero attached hydrogens (tertiary/aromatic N) is 1. The van der Waals surface area contributed by atoms with Crippen LogP contribution in [0.1, 0.15) is 23.6 Å². The van der Waals surface area contributed by atoms with Crippen LogP contribution in [0.2, 0.25) is 0 Å². The van der Waals surface area contributed by atoms with Gasteiger partial charge in [-0.2, -0.15) is 0 Å². The predicted octanol–water partition coefficient (Wildman–Crippen LogP) is 4.43. The first-order chi connectivity index (χ1) is 13.1. The second kappa shape index (κ2) is 8.45. The molecule has 27 heavy (non-hydrogen) atoms. The zero-order valence-corrected chi connectivity index (χ0v) is 15.8. The second-order valence-electron chi connectivity index (χ2n) is 6.38. The Morgan fingerprint density at radius 2 is 1.81 bits per heavy atom. The summed E-state index contributed by atoms with van der Waals surface area (Å²) in [6.45, 7) is 1.98. The van der Waals surface area contributed by atoms with E-state index < -0.39 is 0 Å². The molecule has 1 heterocycles. The second-order valence-corrected chi connectivity index (χ2v) is 6.38. The van der Waals surface area contributed by atoms with Gasteiger partial charge in [0.1, 0.15) is 11.5 Å². The van der Waals surface area contributed by atoms with Crippen LogP contribution in [0.5, 0.6) is 11.5 Å². The van der Waals surface area contributed by atoms with Gasteiger partial charge in [0.2, 0.25) is 5.91 Å². The van der Waals surface area contributed by atoms with E-state index in [0.29, 0.717) is 17.9 Å². The summed E-state index contributed by atoms with van der Waals surface area (Å²) >= 11 is 0. The lowest BCUT2D eigenvalue weighted by Crippen LogP contribution is -2.20. The number of methoxy groups -OCH3 is 2. The average Bonchev–Trinajstić information content (AvgIpc) is 3.21. The first-order valence-corrected chi connectivity index (χ1v) is 8.81. The van der Waals surface area contributed by atoms with Crippen molar-refractivity contribution in [2.75, 3.05) is 19.5 Å². The number of hydrogen-bond donors (Lipinski definition) is 1. The number of carbonyl (C=O) groups excluding carboxylic acids is 1. The molecule has 0 fully saturated rings. The van der Waals surface area contributed by atoms with Crippen LogP contribution >= 0.6 is 0 Å². The summed E-state index contributed by atoms with van der Waals surface area (Å²) in [4.78, 5) is 12.8. The van der Waals surface area contributed by atoms with E-state index in [2.05, 4.69) is 5.32 Å². The maximum atomic E-state index is 12.8. The van der Waals surface area contributed by atoms with Crippen LogP contribution in [-0.2, 0) is 4.79 Å². The molecular formula is C22H24N2O3. The molecule has 2 aromatic carbocycles. The van der Waals surface area contributed by atoms with Crippen molar-refractivity contribution in [3.05, 3.63) is 78.1 Å². The maximum Gasteiger partial charge on any atom is 0.226 e. The highest BCUT2D eigenvalue weighted by atomic mass is 16.5. The van der Waals surface area contributed by atoms with Gasteiger partial charge in [-0.1, -0.05) is 18.2 Å². The molecular weight excluding hydrogens is 340 g/mol. The Hall–Kier alpha value is -3.21. The predicted molar refractivity (Wildman–Crippen MR) is 107 cm³/mol. The molecule has 0 aliphatic carbocycles. The van der Waals surface area contributed by atoms with Gasteiger partial charge in [-0.25, -0.2) is 0 Å². The zero-order valence-electron chi connectivity index (χ0n) is 15.8. The van der Waals surface area contributed by atoms with Gasteiger partial charge in [0.25, 0.3) is 0 Å². The normalized spacial score (nSPS) is 11.7. The molecule has 1 aromatic heterocycles. The average molecular weight is 364 g/mol. The van der Waals surface area contributed by atoms with Crippen LogP contribution in [0.15, 0.2) is 67.0 Å². The number of amides is 1. The molecule has 1 amide bonds. The van der Waals surface area contributed by atoms with Crippen molar-refractivity contribution in [3.63, 3.8) is 0 Å². The van der Waals surface area contributed by atoms with Gasteiger partial charge in [-0.05, 0) is 54.4 Å². The Morgan fingerprint density at radius 1 is 1.04 bits per heavy atom. The Balaban J connectivity index is 1.84. The molecule has 3 rings (SSSR count). The smallest absolute Gasteiger partial charge is 0.226 e.